The summed E-state index contributed by atoms with van der Waals surface area (Å²) in [6.07, 6.45) is 2.51. The third-order valence-electron chi connectivity index (χ3n) is 8.48. The van der Waals surface area contributed by atoms with Crippen LogP contribution in [0.25, 0.3) is 0 Å². The van der Waals surface area contributed by atoms with Gasteiger partial charge in [-0.3, -0.25) is 30.0 Å². The molecule has 4 aliphatic heterocycles. The van der Waals surface area contributed by atoms with Crippen LogP contribution in [0.2, 0.25) is 0 Å². The van der Waals surface area contributed by atoms with E-state index in [0.717, 1.165) is 6.42 Å². The first-order chi connectivity index (χ1) is 19.4. The fraction of sp³-hybridized carbons (Fsp3) is 0.667. The molecule has 0 saturated carbocycles. The number of carboxylic acid groups (broad SMARTS) is 1. The van der Waals surface area contributed by atoms with Crippen LogP contribution >= 0.6 is 11.8 Å². The highest BCUT2D eigenvalue weighted by Gasteiger charge is 2.68. The SMILES string of the molecule is C[C@H]1C(S[C@@H]2CN[C@H](C(=O)NC(=N)N3CC[C@@H](N)C3)C2)=C(C(=O)O)N2C(=O)[C@](N)([C@@H](C)CC(=O)Cn3cnnn3)[C@@H]12. The number of nitrogens with two attached hydrogens (primary N) is 2. The summed E-state index contributed by atoms with van der Waals surface area (Å²) in [4.78, 5) is 54.7. The van der Waals surface area contributed by atoms with Crippen LogP contribution in [0.4, 0.5) is 0 Å². The van der Waals surface area contributed by atoms with E-state index in [4.69, 9.17) is 16.9 Å². The third kappa shape index (κ3) is 5.22. The lowest BCUT2D eigenvalue weighted by atomic mass is 9.67. The zero-order valence-electron chi connectivity index (χ0n) is 22.8. The zero-order valence-corrected chi connectivity index (χ0v) is 23.6. The number of nitrogens with zero attached hydrogens (tertiary/aromatic N) is 6. The molecule has 5 heterocycles. The van der Waals surface area contributed by atoms with Gasteiger partial charge in [-0.05, 0) is 29.2 Å². The van der Waals surface area contributed by atoms with Gasteiger partial charge >= 0.3 is 5.97 Å². The predicted molar refractivity (Wildman–Crippen MR) is 146 cm³/mol. The number of aromatic nitrogens is 4. The van der Waals surface area contributed by atoms with Crippen LogP contribution in [-0.4, -0.2) is 113 Å². The number of amides is 2. The van der Waals surface area contributed by atoms with E-state index in [9.17, 15) is 24.3 Å². The van der Waals surface area contributed by atoms with Crippen LogP contribution in [0.5, 0.6) is 0 Å². The zero-order chi connectivity index (χ0) is 29.6. The lowest BCUT2D eigenvalue weighted by Crippen LogP contribution is -2.80. The number of Topliss-reactive ketones (excluding diaryl/α,β-unsaturated/α-hetero) is 1. The van der Waals surface area contributed by atoms with Crippen molar-refractivity contribution in [3.05, 3.63) is 16.9 Å². The molecule has 0 unspecified atom stereocenters. The molecule has 8 N–H and O–H groups in total. The van der Waals surface area contributed by atoms with Crippen LogP contribution in [-0.2, 0) is 25.7 Å². The van der Waals surface area contributed by atoms with Gasteiger partial charge in [0, 0.05) is 48.2 Å². The quantitative estimate of drug-likeness (QED) is 0.101. The molecule has 7 atom stereocenters. The number of ketones is 1. The maximum atomic E-state index is 13.4. The second-order valence-electron chi connectivity index (χ2n) is 11.3. The summed E-state index contributed by atoms with van der Waals surface area (Å²) >= 11 is 1.34. The lowest BCUT2D eigenvalue weighted by Gasteiger charge is -2.55. The van der Waals surface area contributed by atoms with Gasteiger partial charge in [-0.1, -0.05) is 13.8 Å². The van der Waals surface area contributed by atoms with Crippen molar-refractivity contribution in [2.75, 3.05) is 19.6 Å². The van der Waals surface area contributed by atoms with E-state index in [-0.39, 0.29) is 53.5 Å². The molecule has 3 saturated heterocycles. The molecule has 0 bridgehead atoms. The summed E-state index contributed by atoms with van der Waals surface area (Å²) in [7, 11) is 0. The van der Waals surface area contributed by atoms with Gasteiger partial charge in [-0.2, -0.15) is 0 Å². The summed E-state index contributed by atoms with van der Waals surface area (Å²) < 4.78 is 1.29. The second kappa shape index (κ2) is 11.1. The van der Waals surface area contributed by atoms with Crippen molar-refractivity contribution in [2.45, 2.75) is 68.6 Å². The van der Waals surface area contributed by atoms with Crippen LogP contribution in [0.1, 0.15) is 33.1 Å². The first kappa shape index (κ1) is 29.1. The number of aliphatic carboxylic acids is 1. The maximum absolute atomic E-state index is 13.4. The van der Waals surface area contributed by atoms with Gasteiger partial charge in [0.25, 0.3) is 0 Å². The van der Waals surface area contributed by atoms with Crippen molar-refractivity contribution >= 4 is 41.3 Å². The van der Waals surface area contributed by atoms with Gasteiger partial charge in [0.2, 0.25) is 11.8 Å². The molecular formula is C24H35N11O5S. The molecule has 5 rings (SSSR count). The summed E-state index contributed by atoms with van der Waals surface area (Å²) in [6.45, 7) is 5.09. The largest absolute Gasteiger partial charge is 0.477 e. The highest BCUT2D eigenvalue weighted by atomic mass is 32.2. The Morgan fingerprint density at radius 3 is 2.78 bits per heavy atom. The molecule has 17 heteroatoms. The summed E-state index contributed by atoms with van der Waals surface area (Å²) in [5.74, 6) is -3.19. The number of likely N-dealkylation sites (tertiary alicyclic amines) is 1. The Kier molecular flexibility index (Phi) is 7.88. The number of nitrogens with one attached hydrogen (secondary N) is 3. The molecule has 16 nitrogen and oxygen atoms in total. The number of carbonyl (C=O) groups is 4. The minimum absolute atomic E-state index is 0.00570. The Hall–Kier alpha value is -3.41. The highest BCUT2D eigenvalue weighted by Crippen LogP contribution is 2.54. The Labute approximate surface area is 240 Å². The van der Waals surface area contributed by atoms with Gasteiger partial charge in [-0.15, -0.1) is 16.9 Å². The summed E-state index contributed by atoms with van der Waals surface area (Å²) in [6, 6.07) is -1.18. The van der Waals surface area contributed by atoms with Gasteiger partial charge in [0.1, 0.15) is 24.1 Å². The van der Waals surface area contributed by atoms with Crippen LogP contribution in [0, 0.1) is 17.2 Å². The Balaban J connectivity index is 1.22. The molecule has 3 fully saturated rings. The van der Waals surface area contributed by atoms with Crippen LogP contribution in [0.15, 0.2) is 16.9 Å². The summed E-state index contributed by atoms with van der Waals surface area (Å²) in [5, 5.41) is 34.6. The number of thioether (sulfide) groups is 1. The predicted octanol–water partition coefficient (Wildman–Crippen LogP) is -2.33. The molecule has 1 aromatic rings. The fourth-order valence-corrected chi connectivity index (χ4v) is 7.76. The molecule has 0 spiro atoms. The van der Waals surface area contributed by atoms with Crippen molar-refractivity contribution in [2.24, 2.45) is 23.3 Å². The minimum Gasteiger partial charge on any atom is -0.477 e. The van der Waals surface area contributed by atoms with Crippen molar-refractivity contribution in [1.29, 1.82) is 5.41 Å². The van der Waals surface area contributed by atoms with E-state index in [1.807, 2.05) is 6.92 Å². The van der Waals surface area contributed by atoms with Crippen molar-refractivity contribution in [3.63, 3.8) is 0 Å². The average Bonchev–Trinajstić information content (AvgIpc) is 3.71. The fourth-order valence-electron chi connectivity index (χ4n) is 6.29. The average molecular weight is 590 g/mol. The van der Waals surface area contributed by atoms with E-state index in [1.165, 1.54) is 27.7 Å². The second-order valence-corrected chi connectivity index (χ2v) is 12.6. The van der Waals surface area contributed by atoms with Crippen molar-refractivity contribution in [3.8, 4) is 0 Å². The van der Waals surface area contributed by atoms with Gasteiger partial charge in [0.15, 0.2) is 11.7 Å². The molecule has 0 radical (unpaired) electrons. The van der Waals surface area contributed by atoms with E-state index < -0.39 is 35.4 Å². The number of fused-ring (bicyclic) bond motifs is 1. The normalized spacial score (nSPS) is 31.7. The molecule has 0 aromatic carbocycles. The Bertz CT molecular complexity index is 1290. The number of β-lactam (4-membered cyclic amide) rings is 1. The minimum atomic E-state index is -1.41. The standard InChI is InChI=1S/C24H35N11O5S/c1-11(5-14(36)9-34-10-29-31-32-34)24(27)19-12(2)18(17(21(38)39)35(19)22(24)40)41-15-6-16(28-7-15)20(37)30-23(26)33-4-3-13(25)8-33/h10-13,15-16,19,28H,3-9,25,27H2,1-2H3,(H,38,39)(H2,26,30,37)/t11-,12-,13+,15-,16-,19+,24-/m0/s1. The number of rotatable bonds is 9. The summed E-state index contributed by atoms with van der Waals surface area (Å²) in [5.41, 5.74) is 11.1. The smallest absolute Gasteiger partial charge is 0.353 e. The van der Waals surface area contributed by atoms with Crippen molar-refractivity contribution in [1.82, 2.24) is 40.6 Å². The Morgan fingerprint density at radius 2 is 2.15 bits per heavy atom. The van der Waals surface area contributed by atoms with Crippen molar-refractivity contribution < 1.29 is 24.3 Å². The monoisotopic (exact) mass is 589 g/mol. The topological polar surface area (TPSA) is 239 Å². The number of carbonyl (C=O) groups excluding carboxylic acids is 3. The van der Waals surface area contributed by atoms with Gasteiger partial charge < -0.3 is 26.8 Å². The molecular weight excluding hydrogens is 554 g/mol. The highest BCUT2D eigenvalue weighted by molar-refractivity contribution is 8.03. The number of guanidine groups is 1. The Morgan fingerprint density at radius 1 is 1.39 bits per heavy atom. The molecule has 0 aliphatic carbocycles. The van der Waals surface area contributed by atoms with Crippen LogP contribution < -0.4 is 22.1 Å². The molecule has 2 amide bonds. The van der Waals surface area contributed by atoms with Gasteiger partial charge in [-0.25, -0.2) is 9.48 Å². The third-order valence-corrected chi connectivity index (χ3v) is 9.99. The maximum Gasteiger partial charge on any atom is 0.353 e. The van der Waals surface area contributed by atoms with E-state index in [2.05, 4.69) is 26.2 Å². The van der Waals surface area contributed by atoms with E-state index >= 15 is 0 Å². The molecule has 41 heavy (non-hydrogen) atoms. The van der Waals surface area contributed by atoms with E-state index in [0.29, 0.717) is 31.0 Å². The molecule has 222 valence electrons. The number of hydrogen-bond donors (Lipinski definition) is 6. The number of tetrazole rings is 1. The van der Waals surface area contributed by atoms with E-state index in [1.54, 1.807) is 11.8 Å². The first-order valence-electron chi connectivity index (χ1n) is 13.5. The number of hydrogen-bond acceptors (Lipinski definition) is 12. The molecule has 1 aromatic heterocycles. The number of carboxylic acids is 1. The molecule has 4 aliphatic rings. The first-order valence-corrected chi connectivity index (χ1v) is 14.4. The van der Waals surface area contributed by atoms with Crippen LogP contribution in [0.3, 0.4) is 0 Å². The lowest BCUT2D eigenvalue weighted by molar-refractivity contribution is -0.164. The van der Waals surface area contributed by atoms with Gasteiger partial charge in [0.05, 0.1) is 12.1 Å².